The minimum atomic E-state index is -3.30. The molecule has 0 atom stereocenters. The second-order valence-electron chi connectivity index (χ2n) is 6.15. The van der Waals surface area contributed by atoms with Crippen LogP contribution in [0.2, 0.25) is 0 Å². The Morgan fingerprint density at radius 3 is 2.32 bits per heavy atom. The zero-order valence-corrected chi connectivity index (χ0v) is 15.3. The zero-order chi connectivity index (χ0) is 18.2. The molecule has 0 radical (unpaired) electrons. The number of carbonyl (C=O) groups is 1. The summed E-state index contributed by atoms with van der Waals surface area (Å²) in [5.74, 6) is 0. The summed E-state index contributed by atoms with van der Waals surface area (Å²) in [4.78, 5) is 11.8. The molecule has 0 amide bonds. The van der Waals surface area contributed by atoms with Crippen molar-refractivity contribution >= 4 is 26.9 Å². The van der Waals surface area contributed by atoms with Crippen molar-refractivity contribution in [2.24, 2.45) is 7.05 Å². The summed E-state index contributed by atoms with van der Waals surface area (Å²) >= 11 is 0. The number of pyridine rings is 1. The topological polar surface area (TPSA) is 55.1 Å². The molecule has 0 unspecified atom stereocenters. The first kappa shape index (κ1) is 17.3. The van der Waals surface area contributed by atoms with Crippen molar-refractivity contribution in [2.45, 2.75) is 18.2 Å². The lowest BCUT2D eigenvalue weighted by atomic mass is 9.94. The van der Waals surface area contributed by atoms with E-state index in [1.807, 2.05) is 50.5 Å². The van der Waals surface area contributed by atoms with Crippen molar-refractivity contribution in [2.75, 3.05) is 6.26 Å². The zero-order valence-electron chi connectivity index (χ0n) is 14.5. The van der Waals surface area contributed by atoms with Gasteiger partial charge in [-0.15, -0.1) is 0 Å². The molecular formula is C20H20NO3S+. The number of benzene rings is 2. The van der Waals surface area contributed by atoms with E-state index < -0.39 is 9.84 Å². The average Bonchev–Trinajstić information content (AvgIpc) is 2.59. The molecule has 25 heavy (non-hydrogen) atoms. The summed E-state index contributed by atoms with van der Waals surface area (Å²) in [6.07, 6.45) is 4.74. The first-order chi connectivity index (χ1) is 11.9. The Labute approximate surface area is 147 Å². The van der Waals surface area contributed by atoms with Crippen LogP contribution in [0.1, 0.15) is 23.0 Å². The van der Waals surface area contributed by atoms with E-state index in [0.29, 0.717) is 10.6 Å². The van der Waals surface area contributed by atoms with Crippen molar-refractivity contribution in [3.8, 4) is 11.1 Å². The fraction of sp³-hybridized carbons (Fsp3) is 0.200. The number of carbonyl (C=O) groups excluding carboxylic acids is 1. The van der Waals surface area contributed by atoms with E-state index in [-0.39, 0.29) is 0 Å². The average molecular weight is 354 g/mol. The maximum absolute atomic E-state index is 12.0. The molecule has 0 aliphatic rings. The lowest BCUT2D eigenvalue weighted by Gasteiger charge is -2.12. The van der Waals surface area contributed by atoms with Crippen LogP contribution in [0.5, 0.6) is 0 Å². The van der Waals surface area contributed by atoms with Crippen LogP contribution in [0.15, 0.2) is 53.6 Å². The number of sulfone groups is 1. The van der Waals surface area contributed by atoms with Gasteiger partial charge in [0.2, 0.25) is 6.29 Å². The fourth-order valence-corrected chi connectivity index (χ4v) is 3.82. The predicted molar refractivity (Wildman–Crippen MR) is 98.4 cm³/mol. The number of rotatable bonds is 4. The maximum atomic E-state index is 12.0. The Kier molecular flexibility index (Phi) is 4.43. The van der Waals surface area contributed by atoms with Gasteiger partial charge in [0.1, 0.15) is 7.05 Å². The van der Waals surface area contributed by atoms with E-state index in [0.717, 1.165) is 40.2 Å². The fourth-order valence-electron chi connectivity index (χ4n) is 3.17. The molecule has 3 rings (SSSR count). The third-order valence-electron chi connectivity index (χ3n) is 4.49. The first-order valence-electron chi connectivity index (χ1n) is 8.06. The van der Waals surface area contributed by atoms with Crippen LogP contribution < -0.4 is 4.57 Å². The molecule has 0 saturated carbocycles. The van der Waals surface area contributed by atoms with E-state index in [1.54, 1.807) is 16.7 Å². The summed E-state index contributed by atoms with van der Waals surface area (Å²) in [5.41, 5.74) is 3.47. The van der Waals surface area contributed by atoms with Crippen molar-refractivity contribution in [3.63, 3.8) is 0 Å². The molecular weight excluding hydrogens is 334 g/mol. The van der Waals surface area contributed by atoms with Gasteiger partial charge in [0, 0.05) is 11.6 Å². The highest BCUT2D eigenvalue weighted by Crippen LogP contribution is 2.32. The second-order valence-corrected chi connectivity index (χ2v) is 8.16. The molecule has 0 bridgehead atoms. The van der Waals surface area contributed by atoms with Crippen LogP contribution in [0.4, 0.5) is 0 Å². The minimum absolute atomic E-state index is 0.297. The third-order valence-corrected chi connectivity index (χ3v) is 5.60. The van der Waals surface area contributed by atoms with Crippen molar-refractivity contribution in [3.05, 3.63) is 59.9 Å². The SMILES string of the molecule is CCc1ccc(S(C)(=O)=O)cc1-c1c[n+](C)c(C=O)c2ccccc12. The van der Waals surface area contributed by atoms with Gasteiger partial charge in [-0.3, -0.25) is 4.79 Å². The van der Waals surface area contributed by atoms with Crippen LogP contribution in [0.25, 0.3) is 21.9 Å². The summed E-state index contributed by atoms with van der Waals surface area (Å²) in [7, 11) is -1.47. The molecule has 1 aromatic heterocycles. The quantitative estimate of drug-likeness (QED) is 0.534. The molecule has 0 fully saturated rings. The molecule has 2 aromatic carbocycles. The number of fused-ring (bicyclic) bond motifs is 1. The van der Waals surface area contributed by atoms with Crippen molar-refractivity contribution in [1.82, 2.24) is 0 Å². The highest BCUT2D eigenvalue weighted by atomic mass is 32.2. The predicted octanol–water partition coefficient (Wildman–Crippen LogP) is 3.11. The number of aryl methyl sites for hydroxylation is 2. The largest absolute Gasteiger partial charge is 0.291 e. The minimum Gasteiger partial charge on any atom is -0.291 e. The molecule has 128 valence electrons. The van der Waals surface area contributed by atoms with Gasteiger partial charge in [-0.05, 0) is 35.7 Å². The normalized spacial score (nSPS) is 11.6. The Hall–Kier alpha value is -2.53. The van der Waals surface area contributed by atoms with Gasteiger partial charge >= 0.3 is 0 Å². The summed E-state index contributed by atoms with van der Waals surface area (Å²) in [6.45, 7) is 2.04. The van der Waals surface area contributed by atoms with E-state index in [1.165, 1.54) is 6.26 Å². The van der Waals surface area contributed by atoms with E-state index in [4.69, 9.17) is 0 Å². The molecule has 0 aliphatic heterocycles. The van der Waals surface area contributed by atoms with Gasteiger partial charge in [0.25, 0.3) is 5.69 Å². The number of nitrogens with zero attached hydrogens (tertiary/aromatic N) is 1. The first-order valence-corrected chi connectivity index (χ1v) is 9.96. The van der Waals surface area contributed by atoms with Crippen LogP contribution >= 0.6 is 0 Å². The van der Waals surface area contributed by atoms with Crippen LogP contribution in [0.3, 0.4) is 0 Å². The van der Waals surface area contributed by atoms with Crippen LogP contribution in [0, 0.1) is 0 Å². The maximum Gasteiger partial charge on any atom is 0.253 e. The molecule has 4 nitrogen and oxygen atoms in total. The number of aldehydes is 1. The molecule has 0 N–H and O–H groups in total. The standard InChI is InChI=1S/C20H20NO3S/c1-4-14-9-10-15(25(3,23)24)11-18(14)19-12-21(2)20(13-22)17-8-6-5-7-16(17)19/h5-13H,4H2,1-3H3/q+1. The van der Waals surface area contributed by atoms with Gasteiger partial charge in [0.05, 0.1) is 15.8 Å². The van der Waals surface area contributed by atoms with Gasteiger partial charge in [0.15, 0.2) is 16.0 Å². The molecule has 0 aliphatic carbocycles. The number of hydrogen-bond acceptors (Lipinski definition) is 3. The summed E-state index contributed by atoms with van der Waals surface area (Å²) < 4.78 is 25.8. The van der Waals surface area contributed by atoms with Crippen LogP contribution in [-0.2, 0) is 23.3 Å². The Morgan fingerprint density at radius 2 is 1.72 bits per heavy atom. The number of hydrogen-bond donors (Lipinski definition) is 0. The van der Waals surface area contributed by atoms with Crippen LogP contribution in [-0.4, -0.2) is 21.0 Å². The highest BCUT2D eigenvalue weighted by molar-refractivity contribution is 7.90. The lowest BCUT2D eigenvalue weighted by molar-refractivity contribution is -0.671. The Bertz CT molecular complexity index is 1090. The Balaban J connectivity index is 2.43. The highest BCUT2D eigenvalue weighted by Gasteiger charge is 2.19. The van der Waals surface area contributed by atoms with Crippen molar-refractivity contribution < 1.29 is 17.8 Å². The van der Waals surface area contributed by atoms with Crippen molar-refractivity contribution in [1.29, 1.82) is 0 Å². The van der Waals surface area contributed by atoms with E-state index in [9.17, 15) is 13.2 Å². The second kappa shape index (κ2) is 6.41. The number of aromatic nitrogens is 1. The molecule has 5 heteroatoms. The summed E-state index contributed by atoms with van der Waals surface area (Å²) in [5, 5.41) is 1.78. The lowest BCUT2D eigenvalue weighted by Crippen LogP contribution is -2.33. The third kappa shape index (κ3) is 3.07. The molecule has 3 aromatic rings. The monoisotopic (exact) mass is 354 g/mol. The Morgan fingerprint density at radius 1 is 1.04 bits per heavy atom. The smallest absolute Gasteiger partial charge is 0.253 e. The molecule has 0 saturated heterocycles. The van der Waals surface area contributed by atoms with Gasteiger partial charge in [-0.1, -0.05) is 31.2 Å². The van der Waals surface area contributed by atoms with E-state index in [2.05, 4.69) is 0 Å². The van der Waals surface area contributed by atoms with E-state index >= 15 is 0 Å². The van der Waals surface area contributed by atoms with Gasteiger partial charge in [-0.25, -0.2) is 8.42 Å². The van der Waals surface area contributed by atoms with Gasteiger partial charge in [-0.2, -0.15) is 4.57 Å². The van der Waals surface area contributed by atoms with Gasteiger partial charge < -0.3 is 0 Å². The summed E-state index contributed by atoms with van der Waals surface area (Å²) in [6, 6.07) is 12.9. The molecule has 0 spiro atoms. The molecule has 1 heterocycles.